The van der Waals surface area contributed by atoms with Gasteiger partial charge < -0.3 is 5.32 Å². The lowest BCUT2D eigenvalue weighted by atomic mass is 10.5. The van der Waals surface area contributed by atoms with E-state index in [1.807, 2.05) is 18.3 Å². The van der Waals surface area contributed by atoms with Crippen molar-refractivity contribution in [1.29, 1.82) is 0 Å². The highest BCUT2D eigenvalue weighted by atomic mass is 79.9. The quantitative estimate of drug-likeness (QED) is 0.852. The average molecular weight is 317 g/mol. The zero-order valence-electron chi connectivity index (χ0n) is 9.39. The lowest BCUT2D eigenvalue weighted by molar-refractivity contribution is 0.685. The number of halogens is 1. The minimum absolute atomic E-state index is 0.596. The van der Waals surface area contributed by atoms with Gasteiger partial charge in [0.15, 0.2) is 5.65 Å². The molecule has 2 aromatic rings. The molecule has 0 aliphatic carbocycles. The van der Waals surface area contributed by atoms with E-state index in [0.29, 0.717) is 11.7 Å². The molecule has 0 fully saturated rings. The van der Waals surface area contributed by atoms with Gasteiger partial charge in [-0.25, -0.2) is 4.52 Å². The third-order valence-electron chi connectivity index (χ3n) is 2.21. The lowest BCUT2D eigenvalue weighted by Gasteiger charge is -1.99. The van der Waals surface area contributed by atoms with Crippen LogP contribution in [0.15, 0.2) is 22.8 Å². The number of pyridine rings is 1. The van der Waals surface area contributed by atoms with E-state index in [9.17, 15) is 4.21 Å². The first-order valence-electron chi connectivity index (χ1n) is 5.21. The van der Waals surface area contributed by atoms with Crippen LogP contribution in [0.2, 0.25) is 0 Å². The van der Waals surface area contributed by atoms with Crippen molar-refractivity contribution in [3.8, 4) is 0 Å². The summed E-state index contributed by atoms with van der Waals surface area (Å²) in [5.74, 6) is 1.29. The maximum absolute atomic E-state index is 10.9. The van der Waals surface area contributed by atoms with E-state index in [0.717, 1.165) is 23.1 Å². The second-order valence-electron chi connectivity index (χ2n) is 3.62. The van der Waals surface area contributed by atoms with Crippen molar-refractivity contribution in [3.63, 3.8) is 0 Å². The van der Waals surface area contributed by atoms with E-state index in [4.69, 9.17) is 0 Å². The van der Waals surface area contributed by atoms with Gasteiger partial charge in [0.2, 0.25) is 5.95 Å². The van der Waals surface area contributed by atoms with Crippen molar-refractivity contribution < 1.29 is 4.21 Å². The van der Waals surface area contributed by atoms with Gasteiger partial charge in [-0.05, 0) is 34.5 Å². The fourth-order valence-corrected chi connectivity index (χ4v) is 2.40. The molecule has 0 aliphatic rings. The lowest BCUT2D eigenvalue weighted by Crippen LogP contribution is -2.07. The summed E-state index contributed by atoms with van der Waals surface area (Å²) >= 11 is 3.42. The van der Waals surface area contributed by atoms with Crippen molar-refractivity contribution in [3.05, 3.63) is 22.8 Å². The number of nitrogens with one attached hydrogen (secondary N) is 1. The number of hydrogen-bond acceptors (Lipinski definition) is 4. The zero-order chi connectivity index (χ0) is 12.3. The van der Waals surface area contributed by atoms with Gasteiger partial charge in [0, 0.05) is 35.5 Å². The topological polar surface area (TPSA) is 59.3 Å². The summed E-state index contributed by atoms with van der Waals surface area (Å²) in [5, 5.41) is 7.40. The Kier molecular flexibility index (Phi) is 4.11. The summed E-state index contributed by atoms with van der Waals surface area (Å²) in [6, 6.07) is 3.82. The van der Waals surface area contributed by atoms with Crippen LogP contribution < -0.4 is 5.32 Å². The van der Waals surface area contributed by atoms with E-state index in [1.165, 1.54) is 0 Å². The number of rotatable bonds is 5. The smallest absolute Gasteiger partial charge is 0.243 e. The molecule has 7 heteroatoms. The molecule has 0 saturated carbocycles. The van der Waals surface area contributed by atoms with E-state index >= 15 is 0 Å². The van der Waals surface area contributed by atoms with Crippen LogP contribution in [0, 0.1) is 0 Å². The van der Waals surface area contributed by atoms with Gasteiger partial charge in [0.25, 0.3) is 0 Å². The van der Waals surface area contributed by atoms with E-state index in [-0.39, 0.29) is 0 Å². The van der Waals surface area contributed by atoms with Crippen molar-refractivity contribution in [1.82, 2.24) is 14.6 Å². The highest BCUT2D eigenvalue weighted by molar-refractivity contribution is 9.10. The van der Waals surface area contributed by atoms with Crippen molar-refractivity contribution in [2.24, 2.45) is 0 Å². The SMILES string of the molecule is CS(=O)CCCNc1nc2c(Br)cccn2n1. The van der Waals surface area contributed by atoms with Crippen LogP contribution >= 0.6 is 15.9 Å². The highest BCUT2D eigenvalue weighted by Crippen LogP contribution is 2.16. The average Bonchev–Trinajstić information content (AvgIpc) is 2.69. The monoisotopic (exact) mass is 316 g/mol. The number of aromatic nitrogens is 3. The van der Waals surface area contributed by atoms with E-state index in [2.05, 4.69) is 31.3 Å². The maximum atomic E-state index is 10.9. The molecule has 0 saturated heterocycles. The van der Waals surface area contributed by atoms with Gasteiger partial charge in [-0.15, -0.1) is 5.10 Å². The molecule has 2 rings (SSSR count). The molecular weight excluding hydrogens is 304 g/mol. The van der Waals surface area contributed by atoms with Crippen LogP contribution in [0.4, 0.5) is 5.95 Å². The van der Waals surface area contributed by atoms with Gasteiger partial charge >= 0.3 is 0 Å². The molecule has 1 unspecified atom stereocenters. The summed E-state index contributed by atoms with van der Waals surface area (Å²) in [6.45, 7) is 0.730. The molecule has 2 heterocycles. The standard InChI is InChI=1S/C10H13BrN4OS/c1-17(16)7-3-5-12-10-13-9-8(11)4-2-6-15(9)14-10/h2,4,6H,3,5,7H2,1H3,(H,12,14). The Bertz CT molecular complexity index is 542. The Morgan fingerprint density at radius 2 is 2.41 bits per heavy atom. The molecule has 0 aromatic carbocycles. The third-order valence-corrected chi connectivity index (χ3v) is 3.69. The predicted molar refractivity (Wildman–Crippen MR) is 72.7 cm³/mol. The number of anilines is 1. The number of nitrogens with zero attached hydrogens (tertiary/aromatic N) is 3. The summed E-state index contributed by atoms with van der Waals surface area (Å²) in [7, 11) is -0.735. The minimum Gasteiger partial charge on any atom is -0.353 e. The summed E-state index contributed by atoms with van der Waals surface area (Å²) < 4.78 is 13.5. The minimum atomic E-state index is -0.735. The predicted octanol–water partition coefficient (Wildman–Crippen LogP) is 1.67. The first kappa shape index (κ1) is 12.5. The molecule has 0 amide bonds. The van der Waals surface area contributed by atoms with Crippen molar-refractivity contribution in [2.45, 2.75) is 6.42 Å². The van der Waals surface area contributed by atoms with Gasteiger partial charge in [0.05, 0.1) is 4.47 Å². The second-order valence-corrected chi connectivity index (χ2v) is 6.03. The van der Waals surface area contributed by atoms with Crippen LogP contribution in [0.5, 0.6) is 0 Å². The first-order chi connectivity index (χ1) is 8.16. The second kappa shape index (κ2) is 5.59. The zero-order valence-corrected chi connectivity index (χ0v) is 11.8. The summed E-state index contributed by atoms with van der Waals surface area (Å²) in [4.78, 5) is 4.35. The Morgan fingerprint density at radius 1 is 1.59 bits per heavy atom. The van der Waals surface area contributed by atoms with E-state index < -0.39 is 10.8 Å². The molecule has 0 spiro atoms. The van der Waals surface area contributed by atoms with Crippen LogP contribution in [-0.2, 0) is 10.8 Å². The molecular formula is C10H13BrN4OS. The molecule has 5 nitrogen and oxygen atoms in total. The highest BCUT2D eigenvalue weighted by Gasteiger charge is 2.05. The van der Waals surface area contributed by atoms with Crippen LogP contribution in [0.25, 0.3) is 5.65 Å². The van der Waals surface area contributed by atoms with Gasteiger partial charge in [-0.3, -0.25) is 4.21 Å². The third kappa shape index (κ3) is 3.26. The van der Waals surface area contributed by atoms with Crippen LogP contribution in [-0.4, -0.2) is 37.4 Å². The van der Waals surface area contributed by atoms with Crippen LogP contribution in [0.3, 0.4) is 0 Å². The maximum Gasteiger partial charge on any atom is 0.243 e. The molecule has 1 N–H and O–H groups in total. The molecule has 1 atom stereocenters. The Balaban J connectivity index is 2.00. The largest absolute Gasteiger partial charge is 0.353 e. The number of hydrogen-bond donors (Lipinski definition) is 1. The molecule has 0 bridgehead atoms. The summed E-state index contributed by atoms with van der Waals surface area (Å²) in [6.07, 6.45) is 4.40. The molecule has 0 radical (unpaired) electrons. The fraction of sp³-hybridized carbons (Fsp3) is 0.400. The van der Waals surface area contributed by atoms with Gasteiger partial charge in [-0.1, -0.05) is 0 Å². The van der Waals surface area contributed by atoms with Crippen LogP contribution in [0.1, 0.15) is 6.42 Å². The molecule has 92 valence electrons. The molecule has 17 heavy (non-hydrogen) atoms. The number of fused-ring (bicyclic) bond motifs is 1. The van der Waals surface area contributed by atoms with Crippen molar-refractivity contribution >= 4 is 38.3 Å². The first-order valence-corrected chi connectivity index (χ1v) is 7.73. The van der Waals surface area contributed by atoms with Gasteiger partial charge in [0.1, 0.15) is 0 Å². The molecule has 2 aromatic heterocycles. The van der Waals surface area contributed by atoms with Gasteiger partial charge in [-0.2, -0.15) is 4.98 Å². The fourth-order valence-electron chi connectivity index (χ4n) is 1.42. The van der Waals surface area contributed by atoms with Crippen molar-refractivity contribution in [2.75, 3.05) is 23.9 Å². The Hall–Kier alpha value is -0.950. The Labute approximate surface area is 110 Å². The van der Waals surface area contributed by atoms with E-state index in [1.54, 1.807) is 10.8 Å². The summed E-state index contributed by atoms with van der Waals surface area (Å²) in [5.41, 5.74) is 0.786. The Morgan fingerprint density at radius 3 is 3.12 bits per heavy atom. The molecule has 0 aliphatic heterocycles. The normalized spacial score (nSPS) is 12.8.